The highest BCUT2D eigenvalue weighted by Crippen LogP contribution is 2.46. The van der Waals surface area contributed by atoms with E-state index in [1.165, 1.54) is 97.2 Å². The lowest BCUT2D eigenvalue weighted by Crippen LogP contribution is -2.16. The SMILES string of the molecule is c1cc(-n2c3ccccc3c3ccccc32)c2oc3ccc(-c4ccc([C@H]5CCCCC5c5ccc(-n6c7ccccc7c7cc(-n8c9ccncc9c9cnccc98)ccc76)cc5)cc4)cc3c2c1. The van der Waals surface area contributed by atoms with E-state index in [0.717, 1.165) is 55.1 Å². The molecule has 0 N–H and O–H groups in total. The van der Waals surface area contributed by atoms with Crippen molar-refractivity contribution < 1.29 is 4.42 Å². The number of rotatable bonds is 6. The minimum atomic E-state index is 0.461. The van der Waals surface area contributed by atoms with Crippen LogP contribution in [0.4, 0.5) is 0 Å². The topological polar surface area (TPSA) is 53.7 Å². The highest BCUT2D eigenvalue weighted by atomic mass is 16.3. The highest BCUT2D eigenvalue weighted by Gasteiger charge is 2.28. The first-order chi connectivity index (χ1) is 34.7. The summed E-state index contributed by atoms with van der Waals surface area (Å²) in [7, 11) is 0. The molecular weight excluding hydrogens is 855 g/mol. The minimum absolute atomic E-state index is 0.461. The fourth-order valence-corrected chi connectivity index (χ4v) is 12.4. The molecule has 2 atom stereocenters. The molecule has 0 bridgehead atoms. The van der Waals surface area contributed by atoms with Gasteiger partial charge in [0.2, 0.25) is 0 Å². The van der Waals surface area contributed by atoms with Crippen LogP contribution in [0.25, 0.3) is 116 Å². The Morgan fingerprint density at radius 3 is 1.54 bits per heavy atom. The van der Waals surface area contributed by atoms with Crippen LogP contribution in [0, 0.1) is 0 Å². The quantitative estimate of drug-likeness (QED) is 0.167. The van der Waals surface area contributed by atoms with Gasteiger partial charge in [-0.2, -0.15) is 0 Å². The highest BCUT2D eigenvalue weighted by molar-refractivity contribution is 6.14. The van der Waals surface area contributed by atoms with E-state index >= 15 is 0 Å². The Bertz CT molecular complexity index is 4270. The molecule has 0 amide bonds. The van der Waals surface area contributed by atoms with Gasteiger partial charge in [-0.1, -0.05) is 122 Å². The fourth-order valence-electron chi connectivity index (χ4n) is 12.4. The molecule has 1 fully saturated rings. The molecule has 1 aliphatic carbocycles. The largest absolute Gasteiger partial charge is 0.454 e. The Labute approximate surface area is 403 Å². The molecule has 8 aromatic carbocycles. The molecule has 70 heavy (non-hydrogen) atoms. The van der Waals surface area contributed by atoms with Crippen LogP contribution in [0.1, 0.15) is 48.6 Å². The van der Waals surface area contributed by atoms with Gasteiger partial charge in [0.15, 0.2) is 5.58 Å². The number of pyridine rings is 2. The summed E-state index contributed by atoms with van der Waals surface area (Å²) in [4.78, 5) is 8.90. The van der Waals surface area contributed by atoms with Crippen molar-refractivity contribution in [3.8, 4) is 28.2 Å². The molecular formula is C64H45N5O. The van der Waals surface area contributed by atoms with Crippen molar-refractivity contribution in [1.82, 2.24) is 23.7 Å². The lowest BCUT2D eigenvalue weighted by Gasteiger charge is -2.32. The molecule has 1 saturated carbocycles. The molecule has 0 saturated heterocycles. The maximum atomic E-state index is 6.73. The maximum Gasteiger partial charge on any atom is 0.159 e. The standard InChI is InChI=1S/C64H45N5O/c1-2-11-47(42-24-27-44(28-25-42)67-56-16-6-5-14-50(56)52-37-45(29-30-59(52)67)68-60-32-34-65-38-54(60)55-39-66-35-33-61(55)68)46(10-1)41-22-20-40(21-23-41)43-26-31-63-53(36-43)51-15-9-19-62(64(51)70-63)69-57-17-7-3-12-48(57)49-13-4-8-18-58(49)69/h3-9,12-39,46-47H,1-2,10-11H2/t46-,47?/m1/s1. The normalized spacial score (nSPS) is 15.5. The van der Waals surface area contributed by atoms with E-state index < -0.39 is 0 Å². The van der Waals surface area contributed by atoms with Crippen molar-refractivity contribution in [3.05, 3.63) is 224 Å². The van der Waals surface area contributed by atoms with E-state index in [1.807, 2.05) is 24.8 Å². The van der Waals surface area contributed by atoms with Crippen molar-refractivity contribution in [3.63, 3.8) is 0 Å². The Kier molecular flexibility index (Phi) is 8.63. The number of hydrogen-bond donors (Lipinski definition) is 0. The molecule has 332 valence electrons. The van der Waals surface area contributed by atoms with Crippen LogP contribution < -0.4 is 0 Å². The molecule has 1 unspecified atom stereocenters. The molecule has 14 aromatic rings. The second-order valence-electron chi connectivity index (χ2n) is 19.2. The average Bonchev–Trinajstić information content (AvgIpc) is 4.17. The molecule has 6 heterocycles. The summed E-state index contributed by atoms with van der Waals surface area (Å²) in [6.07, 6.45) is 12.5. The zero-order valence-electron chi connectivity index (χ0n) is 38.3. The number of para-hydroxylation sites is 4. The second kappa shape index (κ2) is 15.4. The van der Waals surface area contributed by atoms with Crippen molar-refractivity contribution in [2.45, 2.75) is 37.5 Å². The maximum absolute atomic E-state index is 6.73. The van der Waals surface area contributed by atoms with Crippen LogP contribution in [0.15, 0.2) is 217 Å². The van der Waals surface area contributed by atoms with Crippen LogP contribution in [-0.4, -0.2) is 23.7 Å². The first-order valence-corrected chi connectivity index (χ1v) is 24.6. The summed E-state index contributed by atoms with van der Waals surface area (Å²) in [5.41, 5.74) is 17.4. The van der Waals surface area contributed by atoms with E-state index in [4.69, 9.17) is 4.42 Å². The molecule has 0 radical (unpaired) electrons. The van der Waals surface area contributed by atoms with Crippen LogP contribution in [0.3, 0.4) is 0 Å². The molecule has 1 aliphatic rings. The van der Waals surface area contributed by atoms with Gasteiger partial charge in [0, 0.05) is 79.3 Å². The predicted molar refractivity (Wildman–Crippen MR) is 288 cm³/mol. The second-order valence-corrected chi connectivity index (χ2v) is 19.2. The predicted octanol–water partition coefficient (Wildman–Crippen LogP) is 16.8. The van der Waals surface area contributed by atoms with Gasteiger partial charge < -0.3 is 18.1 Å². The van der Waals surface area contributed by atoms with E-state index in [0.29, 0.717) is 11.8 Å². The molecule has 6 heteroatoms. The van der Waals surface area contributed by atoms with Gasteiger partial charge in [0.25, 0.3) is 0 Å². The molecule has 0 aliphatic heterocycles. The number of aromatic nitrogens is 5. The van der Waals surface area contributed by atoms with E-state index in [1.54, 1.807) is 0 Å². The molecule has 6 nitrogen and oxygen atoms in total. The number of benzene rings is 8. The van der Waals surface area contributed by atoms with Crippen LogP contribution in [0.2, 0.25) is 0 Å². The lowest BCUT2D eigenvalue weighted by atomic mass is 9.72. The first kappa shape index (κ1) is 39.3. The van der Waals surface area contributed by atoms with Crippen molar-refractivity contribution >= 4 is 87.4 Å². The van der Waals surface area contributed by atoms with Gasteiger partial charge in [-0.05, 0) is 126 Å². The summed E-state index contributed by atoms with van der Waals surface area (Å²) >= 11 is 0. The van der Waals surface area contributed by atoms with E-state index in [9.17, 15) is 0 Å². The third-order valence-electron chi connectivity index (χ3n) is 15.6. The molecule has 15 rings (SSSR count). The molecule has 0 spiro atoms. The van der Waals surface area contributed by atoms with E-state index in [-0.39, 0.29) is 0 Å². The number of hydrogen-bond acceptors (Lipinski definition) is 3. The summed E-state index contributed by atoms with van der Waals surface area (Å²) in [6, 6.07) is 69.4. The Morgan fingerprint density at radius 1 is 0.371 bits per heavy atom. The van der Waals surface area contributed by atoms with Gasteiger partial charge in [-0.3, -0.25) is 9.97 Å². The third-order valence-corrected chi connectivity index (χ3v) is 15.6. The Morgan fingerprint density at radius 2 is 0.886 bits per heavy atom. The monoisotopic (exact) mass is 899 g/mol. The van der Waals surface area contributed by atoms with Gasteiger partial charge in [0.1, 0.15) is 5.58 Å². The van der Waals surface area contributed by atoms with Gasteiger partial charge in [-0.25, -0.2) is 0 Å². The van der Waals surface area contributed by atoms with Crippen LogP contribution in [0.5, 0.6) is 0 Å². The van der Waals surface area contributed by atoms with Crippen molar-refractivity contribution in [2.24, 2.45) is 0 Å². The fraction of sp³-hybridized carbons (Fsp3) is 0.0938. The number of nitrogens with zero attached hydrogens (tertiary/aromatic N) is 5. The zero-order chi connectivity index (χ0) is 45.9. The smallest absolute Gasteiger partial charge is 0.159 e. The van der Waals surface area contributed by atoms with Crippen molar-refractivity contribution in [2.75, 3.05) is 0 Å². The number of fused-ring (bicyclic) bond motifs is 12. The number of furan rings is 1. The van der Waals surface area contributed by atoms with Crippen molar-refractivity contribution in [1.29, 1.82) is 0 Å². The van der Waals surface area contributed by atoms with Crippen LogP contribution >= 0.6 is 0 Å². The zero-order valence-corrected chi connectivity index (χ0v) is 38.3. The summed E-state index contributed by atoms with van der Waals surface area (Å²) in [6.45, 7) is 0. The van der Waals surface area contributed by atoms with Gasteiger partial charge >= 0.3 is 0 Å². The summed E-state index contributed by atoms with van der Waals surface area (Å²) in [5.74, 6) is 0.927. The van der Waals surface area contributed by atoms with Crippen LogP contribution in [-0.2, 0) is 0 Å². The van der Waals surface area contributed by atoms with E-state index in [2.05, 4.69) is 212 Å². The Hall–Kier alpha value is -8.74. The lowest BCUT2D eigenvalue weighted by molar-refractivity contribution is 0.386. The molecule has 6 aromatic heterocycles. The van der Waals surface area contributed by atoms with Gasteiger partial charge in [-0.15, -0.1) is 0 Å². The minimum Gasteiger partial charge on any atom is -0.454 e. The first-order valence-electron chi connectivity index (χ1n) is 24.6. The third kappa shape index (κ3) is 5.86. The Balaban J connectivity index is 0.742. The average molecular weight is 900 g/mol. The summed E-state index contributed by atoms with van der Waals surface area (Å²) < 4.78 is 13.9. The summed E-state index contributed by atoms with van der Waals surface area (Å²) in [5, 5.41) is 9.43. The van der Waals surface area contributed by atoms with Gasteiger partial charge in [0.05, 0.1) is 38.8 Å².